The Morgan fingerprint density at radius 1 is 1.24 bits per heavy atom. The molecule has 90 valence electrons. The molecule has 5 N–H and O–H groups in total. The van der Waals surface area contributed by atoms with Crippen LogP contribution in [-0.2, 0) is 0 Å². The molecule has 3 rings (SSSR count). The molecule has 17 heavy (non-hydrogen) atoms. The molecule has 0 spiro atoms. The van der Waals surface area contributed by atoms with E-state index in [-0.39, 0.29) is 12.2 Å². The molecule has 1 aliphatic heterocycles. The van der Waals surface area contributed by atoms with Crippen LogP contribution in [0.15, 0.2) is 12.1 Å². The molecule has 1 aromatic heterocycles. The molecule has 1 aromatic carbocycles. The van der Waals surface area contributed by atoms with Crippen molar-refractivity contribution in [2.75, 3.05) is 0 Å². The summed E-state index contributed by atoms with van der Waals surface area (Å²) in [6.07, 6.45) is 0.506. The van der Waals surface area contributed by atoms with Crippen LogP contribution in [0.3, 0.4) is 0 Å². The van der Waals surface area contributed by atoms with Gasteiger partial charge in [0.15, 0.2) is 11.6 Å². The highest BCUT2D eigenvalue weighted by Crippen LogP contribution is 2.22. The van der Waals surface area contributed by atoms with Crippen molar-refractivity contribution in [1.29, 1.82) is 0 Å². The van der Waals surface area contributed by atoms with Crippen LogP contribution in [0, 0.1) is 11.6 Å². The summed E-state index contributed by atoms with van der Waals surface area (Å²) in [4.78, 5) is 7.16. The first-order chi connectivity index (χ1) is 8.13. The summed E-state index contributed by atoms with van der Waals surface area (Å²) in [6.45, 7) is 0. The van der Waals surface area contributed by atoms with Gasteiger partial charge in [-0.05, 0) is 0 Å². The lowest BCUT2D eigenvalue weighted by Crippen LogP contribution is -2.36. The summed E-state index contributed by atoms with van der Waals surface area (Å²) < 4.78 is 26.0. The first-order valence-corrected chi connectivity index (χ1v) is 5.25. The minimum Gasteiger partial charge on any atom is -0.341 e. The Bertz CT molecular complexity index is 528. The van der Waals surface area contributed by atoms with E-state index in [4.69, 9.17) is 5.73 Å². The topological polar surface area (TPSA) is 78.8 Å². The van der Waals surface area contributed by atoms with Gasteiger partial charge in [0.2, 0.25) is 0 Å². The van der Waals surface area contributed by atoms with Gasteiger partial charge in [0.1, 0.15) is 5.82 Å². The molecule has 7 heteroatoms. The van der Waals surface area contributed by atoms with Crippen LogP contribution in [0.2, 0.25) is 0 Å². The summed E-state index contributed by atoms with van der Waals surface area (Å²) in [5, 5.41) is 0. The van der Waals surface area contributed by atoms with Crippen molar-refractivity contribution in [3.63, 3.8) is 0 Å². The molecule has 1 aliphatic rings. The third-order valence-electron chi connectivity index (χ3n) is 2.80. The van der Waals surface area contributed by atoms with Crippen molar-refractivity contribution in [3.8, 4) is 0 Å². The second kappa shape index (κ2) is 3.73. The molecule has 2 heterocycles. The fourth-order valence-corrected chi connectivity index (χ4v) is 1.95. The summed E-state index contributed by atoms with van der Waals surface area (Å²) in [5.41, 5.74) is 12.4. The van der Waals surface area contributed by atoms with E-state index in [1.807, 2.05) is 0 Å². The number of aromatic nitrogens is 2. The predicted octanol–water partition coefficient (Wildman–Crippen LogP) is 0.665. The van der Waals surface area contributed by atoms with Gasteiger partial charge in [-0.1, -0.05) is 0 Å². The number of aromatic amines is 1. The van der Waals surface area contributed by atoms with Crippen molar-refractivity contribution < 1.29 is 8.78 Å². The lowest BCUT2D eigenvalue weighted by atomic mass is 10.2. The number of imidazole rings is 1. The number of rotatable bonds is 1. The molecular weight excluding hydrogens is 228 g/mol. The van der Waals surface area contributed by atoms with Crippen molar-refractivity contribution in [2.45, 2.75) is 18.6 Å². The van der Waals surface area contributed by atoms with Gasteiger partial charge in [-0.3, -0.25) is 0 Å². The van der Waals surface area contributed by atoms with E-state index in [9.17, 15) is 8.78 Å². The molecule has 1 fully saturated rings. The van der Waals surface area contributed by atoms with Gasteiger partial charge in [0.25, 0.3) is 0 Å². The number of H-pyrrole nitrogens is 1. The second-order valence-corrected chi connectivity index (χ2v) is 4.09. The molecule has 2 aromatic rings. The van der Waals surface area contributed by atoms with Crippen LogP contribution >= 0.6 is 0 Å². The van der Waals surface area contributed by atoms with E-state index in [1.54, 1.807) is 0 Å². The van der Waals surface area contributed by atoms with E-state index in [0.717, 1.165) is 12.1 Å². The summed E-state index contributed by atoms with van der Waals surface area (Å²) >= 11 is 0. The van der Waals surface area contributed by atoms with Gasteiger partial charge in [-0.25, -0.2) is 24.6 Å². The monoisotopic (exact) mass is 239 g/mol. The van der Waals surface area contributed by atoms with E-state index < -0.39 is 11.6 Å². The molecule has 0 bridgehead atoms. The molecule has 0 saturated carbocycles. The first kappa shape index (κ1) is 10.6. The molecule has 1 saturated heterocycles. The average Bonchev–Trinajstić information content (AvgIpc) is 2.85. The Morgan fingerprint density at radius 3 is 2.71 bits per heavy atom. The number of fused-ring (bicyclic) bond motifs is 1. The van der Waals surface area contributed by atoms with E-state index in [2.05, 4.69) is 20.8 Å². The summed E-state index contributed by atoms with van der Waals surface area (Å²) in [6, 6.07) is 2.10. The Balaban J connectivity index is 2.02. The first-order valence-electron chi connectivity index (χ1n) is 5.25. The van der Waals surface area contributed by atoms with Gasteiger partial charge < -0.3 is 10.7 Å². The number of hydrazine groups is 1. The summed E-state index contributed by atoms with van der Waals surface area (Å²) in [7, 11) is 0. The zero-order chi connectivity index (χ0) is 12.0. The molecule has 0 radical (unpaired) electrons. The number of nitrogens with two attached hydrogens (primary N) is 1. The summed E-state index contributed by atoms with van der Waals surface area (Å²) in [5.74, 6) is -1.17. The molecule has 5 nitrogen and oxygen atoms in total. The van der Waals surface area contributed by atoms with Gasteiger partial charge in [0.05, 0.1) is 23.2 Å². The third-order valence-corrected chi connectivity index (χ3v) is 2.80. The molecular formula is C10H11F2N5. The Hall–Kier alpha value is -1.57. The maximum atomic E-state index is 13.0. The van der Waals surface area contributed by atoms with Gasteiger partial charge in [-0.2, -0.15) is 0 Å². The van der Waals surface area contributed by atoms with E-state index >= 15 is 0 Å². The third kappa shape index (κ3) is 1.78. The zero-order valence-corrected chi connectivity index (χ0v) is 8.80. The quantitative estimate of drug-likeness (QED) is 0.589. The van der Waals surface area contributed by atoms with Crippen LogP contribution in [0.4, 0.5) is 8.78 Å². The van der Waals surface area contributed by atoms with Crippen molar-refractivity contribution in [1.82, 2.24) is 20.8 Å². The average molecular weight is 239 g/mol. The normalized spacial score (nSPS) is 24.6. The van der Waals surface area contributed by atoms with Crippen LogP contribution in [0.1, 0.15) is 18.3 Å². The van der Waals surface area contributed by atoms with Crippen LogP contribution in [0.25, 0.3) is 11.0 Å². The fourth-order valence-electron chi connectivity index (χ4n) is 1.95. The van der Waals surface area contributed by atoms with Crippen molar-refractivity contribution >= 4 is 11.0 Å². The second-order valence-electron chi connectivity index (χ2n) is 4.09. The Morgan fingerprint density at radius 2 is 2.00 bits per heavy atom. The lowest BCUT2D eigenvalue weighted by molar-refractivity contribution is 0.510. The standard InChI is InChI=1S/C10H11F2N5/c11-4-1-6-7(2-5(4)12)15-10(14-6)8-3-9(13)17-16-8/h1-2,8-9,16-17H,3,13H2,(H,14,15). The smallest absolute Gasteiger partial charge is 0.161 e. The number of hydrogen-bond donors (Lipinski definition) is 4. The Labute approximate surface area is 95.4 Å². The van der Waals surface area contributed by atoms with E-state index in [1.165, 1.54) is 0 Å². The predicted molar refractivity (Wildman–Crippen MR) is 57.6 cm³/mol. The lowest BCUT2D eigenvalue weighted by Gasteiger charge is -2.03. The van der Waals surface area contributed by atoms with Gasteiger partial charge in [0, 0.05) is 18.6 Å². The van der Waals surface area contributed by atoms with E-state index in [0.29, 0.717) is 23.3 Å². The number of nitrogens with one attached hydrogen (secondary N) is 3. The van der Waals surface area contributed by atoms with Crippen molar-refractivity contribution in [2.24, 2.45) is 5.73 Å². The number of hydrogen-bond acceptors (Lipinski definition) is 4. The number of nitrogens with zero attached hydrogens (tertiary/aromatic N) is 1. The van der Waals surface area contributed by atoms with Crippen LogP contribution in [0.5, 0.6) is 0 Å². The minimum atomic E-state index is -0.898. The van der Waals surface area contributed by atoms with Crippen LogP contribution < -0.4 is 16.6 Å². The molecule has 2 unspecified atom stereocenters. The highest BCUT2D eigenvalue weighted by molar-refractivity contribution is 5.75. The zero-order valence-electron chi connectivity index (χ0n) is 8.80. The van der Waals surface area contributed by atoms with Gasteiger partial charge >= 0.3 is 0 Å². The van der Waals surface area contributed by atoms with Crippen LogP contribution in [-0.4, -0.2) is 16.1 Å². The fraction of sp³-hybridized carbons (Fsp3) is 0.300. The van der Waals surface area contributed by atoms with Crippen molar-refractivity contribution in [3.05, 3.63) is 29.6 Å². The molecule has 0 aliphatic carbocycles. The minimum absolute atomic E-state index is 0.0801. The number of benzene rings is 1. The highest BCUT2D eigenvalue weighted by Gasteiger charge is 2.24. The SMILES string of the molecule is NC1CC(c2nc3cc(F)c(F)cc3[nH]2)NN1. The molecule has 0 amide bonds. The maximum Gasteiger partial charge on any atom is 0.161 e. The largest absolute Gasteiger partial charge is 0.341 e. The highest BCUT2D eigenvalue weighted by atomic mass is 19.2. The number of halogens is 2. The maximum absolute atomic E-state index is 13.0. The molecule has 2 atom stereocenters. The Kier molecular flexibility index (Phi) is 2.32. The van der Waals surface area contributed by atoms with Gasteiger partial charge in [-0.15, -0.1) is 0 Å².